The van der Waals surface area contributed by atoms with E-state index in [1.165, 1.54) is 6.07 Å². The molecule has 1 N–H and O–H groups in total. The normalized spacial score (nSPS) is 16.2. The van der Waals surface area contributed by atoms with Gasteiger partial charge in [0.1, 0.15) is 5.82 Å². The number of carbonyl (C=O) groups is 1. The van der Waals surface area contributed by atoms with E-state index in [1.54, 1.807) is 29.2 Å². The van der Waals surface area contributed by atoms with Crippen molar-refractivity contribution >= 4 is 23.3 Å². The summed E-state index contributed by atoms with van der Waals surface area (Å²) in [5, 5.41) is 7.70. The molecule has 1 heterocycles. The van der Waals surface area contributed by atoms with Crippen molar-refractivity contribution in [1.82, 2.24) is 10.2 Å². The maximum Gasteiger partial charge on any atom is 0.318 e. The number of hydrogen-bond donors (Lipinski definition) is 1. The number of amides is 2. The summed E-state index contributed by atoms with van der Waals surface area (Å²) in [4.78, 5) is 20.0. The fraction of sp³-hybridized carbons (Fsp3) is 0.364. The molecule has 0 aromatic heterocycles. The predicted octanol–water partition coefficient (Wildman–Crippen LogP) is 4.98. The van der Waals surface area contributed by atoms with Crippen molar-refractivity contribution in [3.63, 3.8) is 0 Å². The zero-order chi connectivity index (χ0) is 21.0. The quantitative estimate of drug-likeness (QED) is 0.745. The number of oxime groups is 1. The minimum absolute atomic E-state index is 0.135. The number of nitrogens with zero attached hydrogens (tertiary/aromatic N) is 2. The molecule has 3 rings (SSSR count). The third kappa shape index (κ3) is 5.70. The van der Waals surface area contributed by atoms with E-state index in [1.807, 2.05) is 39.0 Å². The molecule has 0 saturated carbocycles. The number of nitrogens with one attached hydrogen (secondary N) is 1. The van der Waals surface area contributed by atoms with Gasteiger partial charge in [0.15, 0.2) is 6.10 Å². The maximum absolute atomic E-state index is 14.2. The van der Waals surface area contributed by atoms with Gasteiger partial charge in [-0.05, 0) is 32.9 Å². The van der Waals surface area contributed by atoms with E-state index in [0.29, 0.717) is 17.0 Å². The van der Waals surface area contributed by atoms with Gasteiger partial charge in [0, 0.05) is 28.1 Å². The van der Waals surface area contributed by atoms with Crippen LogP contribution >= 0.6 is 11.6 Å². The van der Waals surface area contributed by atoms with E-state index < -0.39 is 5.54 Å². The van der Waals surface area contributed by atoms with Gasteiger partial charge in [0.05, 0.1) is 18.8 Å². The average molecular weight is 418 g/mol. The molecular weight excluding hydrogens is 393 g/mol. The second-order valence-electron chi connectivity index (χ2n) is 8.10. The smallest absolute Gasteiger partial charge is 0.318 e. The summed E-state index contributed by atoms with van der Waals surface area (Å²) < 4.78 is 14.2. The van der Waals surface area contributed by atoms with Crippen LogP contribution in [0.2, 0.25) is 5.02 Å². The van der Waals surface area contributed by atoms with Gasteiger partial charge >= 0.3 is 6.03 Å². The molecule has 0 bridgehead atoms. The first-order valence-corrected chi connectivity index (χ1v) is 9.89. The first kappa shape index (κ1) is 21.1. The number of benzene rings is 2. The van der Waals surface area contributed by atoms with Crippen LogP contribution in [0.25, 0.3) is 0 Å². The molecule has 2 amide bonds. The lowest BCUT2D eigenvalue weighted by Crippen LogP contribution is -2.50. The first-order valence-electron chi connectivity index (χ1n) is 9.51. The van der Waals surface area contributed by atoms with Gasteiger partial charge in [0.25, 0.3) is 0 Å². The summed E-state index contributed by atoms with van der Waals surface area (Å²) in [7, 11) is 0. The van der Waals surface area contributed by atoms with Gasteiger partial charge in [0.2, 0.25) is 0 Å². The van der Waals surface area contributed by atoms with Crippen LogP contribution in [0, 0.1) is 5.82 Å². The van der Waals surface area contributed by atoms with E-state index in [0.717, 1.165) is 11.3 Å². The van der Waals surface area contributed by atoms with Crippen molar-refractivity contribution in [3.05, 3.63) is 70.5 Å². The average Bonchev–Trinajstić information content (AvgIpc) is 3.10. The minimum atomic E-state index is -0.416. The Kier molecular flexibility index (Phi) is 6.42. The molecule has 1 aliphatic heterocycles. The van der Waals surface area contributed by atoms with Crippen LogP contribution in [0.15, 0.2) is 53.7 Å². The molecule has 0 saturated heterocycles. The number of hydrogen-bond acceptors (Lipinski definition) is 3. The number of halogens is 2. The topological polar surface area (TPSA) is 53.9 Å². The van der Waals surface area contributed by atoms with Crippen LogP contribution in [-0.2, 0) is 11.4 Å². The fourth-order valence-corrected chi connectivity index (χ4v) is 3.32. The van der Waals surface area contributed by atoms with E-state index in [9.17, 15) is 9.18 Å². The Morgan fingerprint density at radius 3 is 2.62 bits per heavy atom. The van der Waals surface area contributed by atoms with Crippen molar-refractivity contribution in [2.45, 2.75) is 45.4 Å². The molecule has 29 heavy (non-hydrogen) atoms. The molecule has 154 valence electrons. The second-order valence-corrected chi connectivity index (χ2v) is 8.51. The van der Waals surface area contributed by atoms with Gasteiger partial charge in [-0.15, -0.1) is 0 Å². The van der Waals surface area contributed by atoms with Crippen LogP contribution < -0.4 is 5.32 Å². The fourth-order valence-electron chi connectivity index (χ4n) is 3.08. The van der Waals surface area contributed by atoms with E-state index in [-0.39, 0.29) is 31.0 Å². The highest BCUT2D eigenvalue weighted by molar-refractivity contribution is 6.34. The monoisotopic (exact) mass is 417 g/mol. The number of rotatable bonds is 5. The Hall–Kier alpha value is -2.60. The molecule has 7 heteroatoms. The molecule has 0 unspecified atom stereocenters. The molecule has 1 aliphatic rings. The summed E-state index contributed by atoms with van der Waals surface area (Å²) >= 11 is 6.25. The van der Waals surface area contributed by atoms with Crippen LogP contribution in [0.1, 0.15) is 38.3 Å². The molecule has 2 aromatic rings. The second kappa shape index (κ2) is 8.82. The van der Waals surface area contributed by atoms with Crippen molar-refractivity contribution in [1.29, 1.82) is 0 Å². The van der Waals surface area contributed by atoms with Gasteiger partial charge in [-0.1, -0.05) is 53.2 Å². The molecule has 2 aromatic carbocycles. The largest absolute Gasteiger partial charge is 0.390 e. The summed E-state index contributed by atoms with van der Waals surface area (Å²) in [5.74, 6) is -0.346. The highest BCUT2D eigenvalue weighted by atomic mass is 35.5. The van der Waals surface area contributed by atoms with Gasteiger partial charge in [-0.25, -0.2) is 9.18 Å². The van der Waals surface area contributed by atoms with E-state index >= 15 is 0 Å². The standard InChI is InChI=1S/C22H25ClFN3O2/c1-22(2,3)25-21(28)27(13-15-8-4-7-11-19(15)24)14-16-12-20(26-29-16)17-9-5-6-10-18(17)23/h4-11,16H,12-14H2,1-3H3,(H,25,28)/t16-/m1/s1. The Bertz CT molecular complexity index is 911. The molecule has 0 radical (unpaired) electrons. The van der Waals surface area contributed by atoms with Crippen molar-refractivity contribution in [2.75, 3.05) is 6.54 Å². The van der Waals surface area contributed by atoms with Crippen LogP contribution in [0.5, 0.6) is 0 Å². The molecular formula is C22H25ClFN3O2. The molecule has 1 atom stereocenters. The SMILES string of the molecule is CC(C)(C)NC(=O)N(Cc1ccccc1F)C[C@H]1CC(c2ccccc2Cl)=NO1. The first-order chi connectivity index (χ1) is 13.7. The van der Waals surface area contributed by atoms with E-state index in [4.69, 9.17) is 16.4 Å². The molecule has 0 spiro atoms. The highest BCUT2D eigenvalue weighted by Gasteiger charge is 2.29. The lowest BCUT2D eigenvalue weighted by molar-refractivity contribution is 0.0578. The Morgan fingerprint density at radius 2 is 1.93 bits per heavy atom. The highest BCUT2D eigenvalue weighted by Crippen LogP contribution is 2.24. The van der Waals surface area contributed by atoms with Gasteiger partial charge in [-0.2, -0.15) is 0 Å². The summed E-state index contributed by atoms with van der Waals surface area (Å²) in [6.45, 7) is 6.11. The third-order valence-electron chi connectivity index (χ3n) is 4.43. The third-order valence-corrected chi connectivity index (χ3v) is 4.76. The zero-order valence-electron chi connectivity index (χ0n) is 16.8. The molecule has 0 aliphatic carbocycles. The van der Waals surface area contributed by atoms with E-state index in [2.05, 4.69) is 10.5 Å². The van der Waals surface area contributed by atoms with Crippen molar-refractivity contribution in [2.24, 2.45) is 5.16 Å². The number of urea groups is 1. The Labute approximate surface area is 175 Å². The zero-order valence-corrected chi connectivity index (χ0v) is 17.5. The van der Waals surface area contributed by atoms with Crippen molar-refractivity contribution < 1.29 is 14.0 Å². The predicted molar refractivity (Wildman–Crippen MR) is 113 cm³/mol. The minimum Gasteiger partial charge on any atom is -0.390 e. The molecule has 0 fully saturated rings. The summed E-state index contributed by atoms with van der Waals surface area (Å²) in [6.07, 6.45) is 0.180. The maximum atomic E-state index is 14.2. The Morgan fingerprint density at radius 1 is 1.24 bits per heavy atom. The molecule has 5 nitrogen and oxygen atoms in total. The Balaban J connectivity index is 1.73. The van der Waals surface area contributed by atoms with Crippen LogP contribution in [-0.4, -0.2) is 34.8 Å². The van der Waals surface area contributed by atoms with Crippen LogP contribution in [0.4, 0.5) is 9.18 Å². The van der Waals surface area contributed by atoms with Crippen molar-refractivity contribution in [3.8, 4) is 0 Å². The van der Waals surface area contributed by atoms with Gasteiger partial charge in [-0.3, -0.25) is 0 Å². The van der Waals surface area contributed by atoms with Gasteiger partial charge < -0.3 is 15.1 Å². The lowest BCUT2D eigenvalue weighted by atomic mass is 10.0. The van der Waals surface area contributed by atoms with Crippen LogP contribution in [0.3, 0.4) is 0 Å². The summed E-state index contributed by atoms with van der Waals surface area (Å²) in [6, 6.07) is 13.6. The number of carbonyl (C=O) groups excluding carboxylic acids is 1. The lowest BCUT2D eigenvalue weighted by Gasteiger charge is -2.29. The summed E-state index contributed by atoms with van der Waals surface area (Å²) in [5.41, 5.74) is 1.58.